The van der Waals surface area contributed by atoms with Crippen molar-refractivity contribution in [2.24, 2.45) is 5.92 Å². The van der Waals surface area contributed by atoms with E-state index in [-0.39, 0.29) is 16.8 Å². The lowest BCUT2D eigenvalue weighted by Crippen LogP contribution is -2.34. The SMILES string of the molecule is Cc1oc(CCl)cc1S(=O)(=O)N(CCC(C)C)C1CC1. The second-order valence-corrected chi connectivity index (χ2v) is 7.92. The first-order chi connectivity index (χ1) is 9.36. The van der Waals surface area contributed by atoms with E-state index in [0.717, 1.165) is 19.3 Å². The molecule has 0 aliphatic heterocycles. The Kier molecular flexibility index (Phi) is 4.82. The standard InChI is InChI=1S/C14H22ClNO3S/c1-10(2)6-7-16(12-4-5-12)20(17,18)14-8-13(9-15)19-11(14)3/h8,10,12H,4-7,9H2,1-3H3. The summed E-state index contributed by atoms with van der Waals surface area (Å²) in [5.74, 6) is 1.60. The predicted octanol–water partition coefficient (Wildman–Crippen LogP) is 3.53. The van der Waals surface area contributed by atoms with Gasteiger partial charge in [0.2, 0.25) is 10.0 Å². The Morgan fingerprint density at radius 2 is 2.10 bits per heavy atom. The van der Waals surface area contributed by atoms with Crippen molar-refractivity contribution in [2.45, 2.75) is 56.9 Å². The van der Waals surface area contributed by atoms with E-state index in [0.29, 0.717) is 24.0 Å². The predicted molar refractivity (Wildman–Crippen MR) is 79.4 cm³/mol. The van der Waals surface area contributed by atoms with Crippen molar-refractivity contribution >= 4 is 21.6 Å². The van der Waals surface area contributed by atoms with Crippen LogP contribution in [-0.4, -0.2) is 25.3 Å². The lowest BCUT2D eigenvalue weighted by Gasteiger charge is -2.22. The Morgan fingerprint density at radius 1 is 1.45 bits per heavy atom. The highest BCUT2D eigenvalue weighted by atomic mass is 35.5. The van der Waals surface area contributed by atoms with Crippen molar-refractivity contribution in [1.29, 1.82) is 0 Å². The van der Waals surface area contributed by atoms with Crippen LogP contribution < -0.4 is 0 Å². The second kappa shape index (κ2) is 6.08. The van der Waals surface area contributed by atoms with E-state index in [4.69, 9.17) is 16.0 Å². The van der Waals surface area contributed by atoms with E-state index in [1.165, 1.54) is 0 Å². The molecule has 0 saturated heterocycles. The molecule has 1 aromatic heterocycles. The van der Waals surface area contributed by atoms with Crippen molar-refractivity contribution in [3.05, 3.63) is 17.6 Å². The number of furan rings is 1. The minimum atomic E-state index is -3.47. The molecular weight excluding hydrogens is 298 g/mol. The average Bonchev–Trinajstić information content (AvgIpc) is 3.10. The molecule has 0 aromatic carbocycles. The summed E-state index contributed by atoms with van der Waals surface area (Å²) in [5, 5.41) is 0. The van der Waals surface area contributed by atoms with E-state index >= 15 is 0 Å². The molecule has 1 saturated carbocycles. The van der Waals surface area contributed by atoms with Crippen LogP contribution in [0, 0.1) is 12.8 Å². The molecule has 114 valence electrons. The molecule has 1 aliphatic rings. The van der Waals surface area contributed by atoms with Gasteiger partial charge in [0.1, 0.15) is 16.4 Å². The Bertz CT molecular complexity index is 561. The molecule has 1 heterocycles. The molecule has 1 aromatic rings. The summed E-state index contributed by atoms with van der Waals surface area (Å²) in [4.78, 5) is 0.267. The van der Waals surface area contributed by atoms with Crippen LogP contribution in [0.5, 0.6) is 0 Å². The molecule has 0 amide bonds. The van der Waals surface area contributed by atoms with Crippen LogP contribution in [0.25, 0.3) is 0 Å². The number of aryl methyl sites for hydroxylation is 1. The Morgan fingerprint density at radius 3 is 2.55 bits per heavy atom. The molecule has 0 N–H and O–H groups in total. The molecule has 6 heteroatoms. The molecule has 2 rings (SSSR count). The molecular formula is C14H22ClNO3S. The summed E-state index contributed by atoms with van der Waals surface area (Å²) in [6.45, 7) is 6.46. The number of hydrogen-bond donors (Lipinski definition) is 0. The monoisotopic (exact) mass is 319 g/mol. The fourth-order valence-electron chi connectivity index (χ4n) is 2.22. The molecule has 0 bridgehead atoms. The van der Waals surface area contributed by atoms with Crippen LogP contribution in [0.1, 0.15) is 44.6 Å². The van der Waals surface area contributed by atoms with Gasteiger partial charge in [0.25, 0.3) is 0 Å². The van der Waals surface area contributed by atoms with Crippen LogP contribution in [0.15, 0.2) is 15.4 Å². The maximum Gasteiger partial charge on any atom is 0.246 e. The van der Waals surface area contributed by atoms with E-state index in [9.17, 15) is 8.42 Å². The largest absolute Gasteiger partial charge is 0.464 e. The number of nitrogens with zero attached hydrogens (tertiary/aromatic N) is 1. The van der Waals surface area contributed by atoms with Crippen molar-refractivity contribution in [1.82, 2.24) is 4.31 Å². The van der Waals surface area contributed by atoms with Gasteiger partial charge in [-0.25, -0.2) is 8.42 Å². The van der Waals surface area contributed by atoms with Gasteiger partial charge in [0, 0.05) is 18.7 Å². The maximum atomic E-state index is 12.8. The summed E-state index contributed by atoms with van der Waals surface area (Å²) in [6.07, 6.45) is 2.78. The fourth-order valence-corrected chi connectivity index (χ4v) is 4.24. The highest BCUT2D eigenvalue weighted by molar-refractivity contribution is 7.89. The molecule has 20 heavy (non-hydrogen) atoms. The molecule has 0 atom stereocenters. The number of halogens is 1. The maximum absolute atomic E-state index is 12.8. The zero-order valence-corrected chi connectivity index (χ0v) is 13.8. The molecule has 4 nitrogen and oxygen atoms in total. The lowest BCUT2D eigenvalue weighted by atomic mass is 10.1. The number of alkyl halides is 1. The smallest absolute Gasteiger partial charge is 0.246 e. The van der Waals surface area contributed by atoms with Gasteiger partial charge in [-0.15, -0.1) is 11.6 Å². The summed E-state index contributed by atoms with van der Waals surface area (Å²) in [5.41, 5.74) is 0. The van der Waals surface area contributed by atoms with Crippen LogP contribution in [0.2, 0.25) is 0 Å². The van der Waals surface area contributed by atoms with Crippen LogP contribution in [-0.2, 0) is 15.9 Å². The normalized spacial score (nSPS) is 16.3. The number of rotatable bonds is 7. The van der Waals surface area contributed by atoms with Gasteiger partial charge in [0.05, 0.1) is 5.88 Å². The summed E-state index contributed by atoms with van der Waals surface area (Å²) >= 11 is 5.72. The average molecular weight is 320 g/mol. The van der Waals surface area contributed by atoms with Gasteiger partial charge in [-0.05, 0) is 32.1 Å². The third-order valence-electron chi connectivity index (χ3n) is 3.52. The first-order valence-electron chi connectivity index (χ1n) is 7.03. The molecule has 1 aliphatic carbocycles. The third-order valence-corrected chi connectivity index (χ3v) is 5.85. The zero-order chi connectivity index (χ0) is 14.9. The summed E-state index contributed by atoms with van der Waals surface area (Å²) in [6, 6.07) is 1.72. The van der Waals surface area contributed by atoms with Gasteiger partial charge >= 0.3 is 0 Å². The van der Waals surface area contributed by atoms with E-state index < -0.39 is 10.0 Å². The molecule has 0 spiro atoms. The van der Waals surface area contributed by atoms with Crippen LogP contribution in [0.3, 0.4) is 0 Å². The van der Waals surface area contributed by atoms with E-state index in [1.54, 1.807) is 17.3 Å². The fraction of sp³-hybridized carbons (Fsp3) is 0.714. The number of sulfonamides is 1. The summed E-state index contributed by atoms with van der Waals surface area (Å²) in [7, 11) is -3.47. The Hall–Kier alpha value is -0.520. The molecule has 1 fully saturated rings. The highest BCUT2D eigenvalue weighted by Crippen LogP contribution is 2.34. The molecule has 0 unspecified atom stereocenters. The Labute approximate surface area is 126 Å². The van der Waals surface area contributed by atoms with Gasteiger partial charge in [0.15, 0.2) is 0 Å². The topological polar surface area (TPSA) is 50.5 Å². The minimum absolute atomic E-state index is 0.160. The van der Waals surface area contributed by atoms with Crippen molar-refractivity contribution in [3.63, 3.8) is 0 Å². The van der Waals surface area contributed by atoms with Crippen LogP contribution >= 0.6 is 11.6 Å². The highest BCUT2D eigenvalue weighted by Gasteiger charge is 2.39. The summed E-state index contributed by atoms with van der Waals surface area (Å²) < 4.78 is 32.6. The first-order valence-corrected chi connectivity index (χ1v) is 9.00. The van der Waals surface area contributed by atoms with E-state index in [2.05, 4.69) is 13.8 Å². The third kappa shape index (κ3) is 3.38. The zero-order valence-electron chi connectivity index (χ0n) is 12.2. The van der Waals surface area contributed by atoms with Gasteiger partial charge in [-0.1, -0.05) is 13.8 Å². The second-order valence-electron chi connectivity index (χ2n) is 5.80. The van der Waals surface area contributed by atoms with Gasteiger partial charge in [-0.3, -0.25) is 0 Å². The van der Waals surface area contributed by atoms with Crippen molar-refractivity contribution < 1.29 is 12.8 Å². The van der Waals surface area contributed by atoms with Crippen LogP contribution in [0.4, 0.5) is 0 Å². The van der Waals surface area contributed by atoms with Crippen molar-refractivity contribution in [2.75, 3.05) is 6.54 Å². The quantitative estimate of drug-likeness (QED) is 0.722. The van der Waals surface area contributed by atoms with Gasteiger partial charge < -0.3 is 4.42 Å². The molecule has 0 radical (unpaired) electrons. The van der Waals surface area contributed by atoms with Gasteiger partial charge in [-0.2, -0.15) is 4.31 Å². The Balaban J connectivity index is 2.27. The van der Waals surface area contributed by atoms with Crippen molar-refractivity contribution in [3.8, 4) is 0 Å². The lowest BCUT2D eigenvalue weighted by molar-refractivity contribution is 0.372. The minimum Gasteiger partial charge on any atom is -0.464 e. The first kappa shape index (κ1) is 15.9. The number of hydrogen-bond acceptors (Lipinski definition) is 3. The van der Waals surface area contributed by atoms with E-state index in [1.807, 2.05) is 0 Å².